The Morgan fingerprint density at radius 2 is 1.86 bits per heavy atom. The number of benzene rings is 1. The SMILES string of the molecule is CC1(C)OB(c2nn(PI)c3c(Cl)cccc23)OC1(C)C. The van der Waals surface area contributed by atoms with Gasteiger partial charge in [-0.15, -0.1) is 0 Å². The second kappa shape index (κ2) is 5.34. The third kappa shape index (κ3) is 2.53. The Morgan fingerprint density at radius 1 is 1.24 bits per heavy atom. The van der Waals surface area contributed by atoms with Crippen molar-refractivity contribution in [1.29, 1.82) is 0 Å². The van der Waals surface area contributed by atoms with Gasteiger partial charge in [0.2, 0.25) is 0 Å². The summed E-state index contributed by atoms with van der Waals surface area (Å²) in [5.74, 6) is 0. The van der Waals surface area contributed by atoms with E-state index in [9.17, 15) is 0 Å². The fourth-order valence-electron chi connectivity index (χ4n) is 2.34. The van der Waals surface area contributed by atoms with Crippen LogP contribution < -0.4 is 5.59 Å². The summed E-state index contributed by atoms with van der Waals surface area (Å²) in [5.41, 5.74) is 0.990. The van der Waals surface area contributed by atoms with E-state index in [1.165, 1.54) is 0 Å². The average Bonchev–Trinajstić information content (AvgIpc) is 2.86. The maximum atomic E-state index is 6.33. The highest BCUT2D eigenvalue weighted by molar-refractivity contribution is 14.2. The van der Waals surface area contributed by atoms with Crippen molar-refractivity contribution in [3.63, 3.8) is 0 Å². The summed E-state index contributed by atoms with van der Waals surface area (Å²) < 4.78 is 14.1. The van der Waals surface area contributed by atoms with Gasteiger partial charge in [0.1, 0.15) is 5.59 Å². The Bertz CT molecular complexity index is 691. The molecule has 4 nitrogen and oxygen atoms in total. The van der Waals surface area contributed by atoms with Crippen LogP contribution in [0.4, 0.5) is 0 Å². The molecule has 3 rings (SSSR count). The zero-order chi connectivity index (χ0) is 15.4. The van der Waals surface area contributed by atoms with Gasteiger partial charge in [-0.05, 0) is 55.8 Å². The van der Waals surface area contributed by atoms with E-state index in [-0.39, 0.29) is 11.2 Å². The summed E-state index contributed by atoms with van der Waals surface area (Å²) in [4.78, 5) is 0. The standard InChI is InChI=1S/C13H16BClIN2O2P/c1-12(2)13(3,4)20-14(19-12)11-8-6-5-7-9(15)10(8)18(17-11)21-16/h5-7,21H,1-4H3. The molecule has 1 aliphatic heterocycles. The van der Waals surface area contributed by atoms with E-state index in [2.05, 4.69) is 27.1 Å². The lowest BCUT2D eigenvalue weighted by Crippen LogP contribution is -2.41. The van der Waals surface area contributed by atoms with E-state index in [4.69, 9.17) is 20.9 Å². The molecule has 21 heavy (non-hydrogen) atoms. The molecular weight excluding hydrogens is 420 g/mol. The molecule has 0 saturated carbocycles. The summed E-state index contributed by atoms with van der Waals surface area (Å²) in [7, 11) is -0.468. The number of rotatable bonds is 2. The van der Waals surface area contributed by atoms with Crippen molar-refractivity contribution in [2.45, 2.75) is 38.9 Å². The Hall–Kier alpha value is 0.125. The predicted octanol–water partition coefficient (Wildman–Crippen LogP) is 3.78. The fraction of sp³-hybridized carbons (Fsp3) is 0.462. The summed E-state index contributed by atoms with van der Waals surface area (Å²) in [5, 5.41) is 6.36. The van der Waals surface area contributed by atoms with Gasteiger partial charge in [0, 0.05) is 5.39 Å². The van der Waals surface area contributed by atoms with E-state index in [0.717, 1.165) is 16.5 Å². The molecule has 0 aliphatic carbocycles. The van der Waals surface area contributed by atoms with Gasteiger partial charge in [-0.1, -0.05) is 23.7 Å². The lowest BCUT2D eigenvalue weighted by molar-refractivity contribution is 0.00578. The Labute approximate surface area is 144 Å². The van der Waals surface area contributed by atoms with Gasteiger partial charge in [0.05, 0.1) is 28.1 Å². The molecule has 0 spiro atoms. The molecule has 1 atom stereocenters. The van der Waals surface area contributed by atoms with E-state index in [0.29, 0.717) is 11.4 Å². The van der Waals surface area contributed by atoms with Crippen molar-refractivity contribution in [2.24, 2.45) is 0 Å². The van der Waals surface area contributed by atoms with Crippen molar-refractivity contribution in [1.82, 2.24) is 9.55 Å². The number of hydrogen-bond acceptors (Lipinski definition) is 3. The van der Waals surface area contributed by atoms with Crippen LogP contribution in [-0.4, -0.2) is 27.9 Å². The van der Waals surface area contributed by atoms with Crippen LogP contribution in [0.25, 0.3) is 10.9 Å². The second-order valence-electron chi connectivity index (χ2n) is 6.11. The van der Waals surface area contributed by atoms with E-state index >= 15 is 0 Å². The molecule has 1 saturated heterocycles. The number of halogens is 2. The first-order valence-electron chi connectivity index (χ1n) is 6.66. The van der Waals surface area contributed by atoms with Gasteiger partial charge in [-0.2, -0.15) is 5.10 Å². The van der Waals surface area contributed by atoms with Gasteiger partial charge in [-0.25, -0.2) is 4.45 Å². The molecule has 1 unspecified atom stereocenters. The minimum absolute atomic E-state index is 0.376. The molecule has 1 aromatic carbocycles. The molecule has 0 radical (unpaired) electrons. The Balaban J connectivity index is 2.13. The van der Waals surface area contributed by atoms with E-state index < -0.39 is 7.12 Å². The van der Waals surface area contributed by atoms with E-state index in [1.807, 2.05) is 50.3 Å². The average molecular weight is 436 g/mol. The maximum Gasteiger partial charge on any atom is 0.517 e. The van der Waals surface area contributed by atoms with Crippen LogP contribution in [0.5, 0.6) is 0 Å². The first-order valence-corrected chi connectivity index (χ1v) is 11.1. The minimum atomic E-state index is -0.468. The van der Waals surface area contributed by atoms with Crippen molar-refractivity contribution < 1.29 is 9.31 Å². The zero-order valence-corrected chi connectivity index (χ0v) is 16.2. The van der Waals surface area contributed by atoms with Crippen LogP contribution in [-0.2, 0) is 9.31 Å². The highest BCUT2D eigenvalue weighted by Crippen LogP contribution is 2.38. The summed E-state index contributed by atoms with van der Waals surface area (Å²) in [6, 6.07) is 5.83. The van der Waals surface area contributed by atoms with Gasteiger partial charge >= 0.3 is 7.12 Å². The summed E-state index contributed by atoms with van der Waals surface area (Å²) >= 11 is 8.63. The molecular formula is C13H16BClIN2O2P. The van der Waals surface area contributed by atoms with Crippen LogP contribution in [0.2, 0.25) is 5.02 Å². The number of fused-ring (bicyclic) bond motifs is 1. The summed E-state index contributed by atoms with van der Waals surface area (Å²) in [6.45, 7) is 8.16. The smallest absolute Gasteiger partial charge is 0.398 e. The van der Waals surface area contributed by atoms with Gasteiger partial charge in [-0.3, -0.25) is 0 Å². The predicted molar refractivity (Wildman–Crippen MR) is 98.2 cm³/mol. The van der Waals surface area contributed by atoms with Crippen LogP contribution in [0.15, 0.2) is 18.2 Å². The second-order valence-corrected chi connectivity index (χ2v) is 8.55. The van der Waals surface area contributed by atoms with Crippen molar-refractivity contribution in [3.8, 4) is 0 Å². The van der Waals surface area contributed by atoms with Gasteiger partial charge in [0.25, 0.3) is 0 Å². The highest BCUT2D eigenvalue weighted by atomic mass is 127. The van der Waals surface area contributed by atoms with Crippen LogP contribution in [0.3, 0.4) is 0 Å². The monoisotopic (exact) mass is 436 g/mol. The van der Waals surface area contributed by atoms with Gasteiger partial charge in [0.15, 0.2) is 0 Å². The molecule has 0 bridgehead atoms. The maximum absolute atomic E-state index is 6.33. The topological polar surface area (TPSA) is 36.3 Å². The molecule has 112 valence electrons. The molecule has 1 aliphatic rings. The third-order valence-electron chi connectivity index (χ3n) is 4.24. The van der Waals surface area contributed by atoms with Crippen molar-refractivity contribution >= 4 is 63.6 Å². The fourth-order valence-corrected chi connectivity index (χ4v) is 4.18. The lowest BCUT2D eigenvalue weighted by Gasteiger charge is -2.32. The number of para-hydroxylation sites is 1. The van der Waals surface area contributed by atoms with Crippen molar-refractivity contribution in [2.75, 3.05) is 0 Å². The van der Waals surface area contributed by atoms with Crippen LogP contribution in [0.1, 0.15) is 27.7 Å². The highest BCUT2D eigenvalue weighted by Gasteiger charge is 2.53. The lowest BCUT2D eigenvalue weighted by atomic mass is 9.82. The van der Waals surface area contributed by atoms with Crippen LogP contribution >= 0.6 is 40.0 Å². The van der Waals surface area contributed by atoms with E-state index in [1.54, 1.807) is 0 Å². The number of aromatic nitrogens is 2. The molecule has 0 N–H and O–H groups in total. The summed E-state index contributed by atoms with van der Waals surface area (Å²) in [6.07, 6.45) is 0.469. The third-order valence-corrected chi connectivity index (χ3v) is 6.40. The van der Waals surface area contributed by atoms with Crippen molar-refractivity contribution in [3.05, 3.63) is 23.2 Å². The first kappa shape index (κ1) is 16.0. The molecule has 2 aromatic rings. The Kier molecular flexibility index (Phi) is 4.07. The number of nitrogens with zero attached hydrogens (tertiary/aromatic N) is 2. The zero-order valence-electron chi connectivity index (χ0n) is 12.3. The largest absolute Gasteiger partial charge is 0.517 e. The quantitative estimate of drug-likeness (QED) is 0.409. The normalized spacial score (nSPS) is 21.0. The molecule has 1 fully saturated rings. The van der Waals surface area contributed by atoms with Crippen LogP contribution in [0, 0.1) is 0 Å². The first-order chi connectivity index (χ1) is 9.77. The minimum Gasteiger partial charge on any atom is -0.398 e. The molecule has 0 amide bonds. The molecule has 2 heterocycles. The van der Waals surface area contributed by atoms with Gasteiger partial charge < -0.3 is 9.31 Å². The Morgan fingerprint density at radius 3 is 2.43 bits per heavy atom. The number of hydrogen-bond donors (Lipinski definition) is 0. The molecule has 1 aromatic heterocycles. The molecule has 8 heteroatoms.